The molecule has 0 aliphatic carbocycles. The Hall–Kier alpha value is 0.00948. The van der Waals surface area contributed by atoms with Gasteiger partial charge in [0.25, 0.3) is 0 Å². The van der Waals surface area contributed by atoms with E-state index in [4.69, 9.17) is 0 Å². The van der Waals surface area contributed by atoms with Crippen LogP contribution in [0.15, 0.2) is 4.99 Å². The van der Waals surface area contributed by atoms with Gasteiger partial charge < -0.3 is 0 Å². The molecule has 0 bridgehead atoms. The molecule has 3 atom stereocenters. The van der Waals surface area contributed by atoms with Crippen LogP contribution in [0, 0.1) is 0 Å². The van der Waals surface area contributed by atoms with Gasteiger partial charge in [0.05, 0.1) is 0 Å². The van der Waals surface area contributed by atoms with Crippen molar-refractivity contribution in [2.45, 2.75) is 43.0 Å². The van der Waals surface area contributed by atoms with Gasteiger partial charge in [-0.05, 0) is 0 Å². The number of carbonyl (C=O) groups excluding carboxylic acids is 1. The first-order chi connectivity index (χ1) is 7.31. The molecule has 0 aromatic heterocycles. The van der Waals surface area contributed by atoms with Crippen molar-refractivity contribution in [3.05, 3.63) is 0 Å². The zero-order valence-corrected chi connectivity index (χ0v) is 11.0. The van der Waals surface area contributed by atoms with E-state index in [1.807, 2.05) is 11.8 Å². The maximum atomic E-state index is 10.2. The molecule has 83 valence electrons. The molecule has 0 aromatic carbocycles. The van der Waals surface area contributed by atoms with E-state index in [1.165, 1.54) is 6.42 Å². The first kappa shape index (κ1) is 11.5. The van der Waals surface area contributed by atoms with E-state index in [2.05, 4.69) is 26.3 Å². The van der Waals surface area contributed by atoms with Crippen LogP contribution < -0.4 is 5.32 Å². The van der Waals surface area contributed by atoms with E-state index in [-0.39, 0.29) is 0 Å². The SMILES string of the molecule is O=CCCCC[C@@H]1SC[C@@H]2NC([Se])=N[C@@H]21. The average molecular weight is 290 g/mol. The average Bonchev–Trinajstić information content (AvgIpc) is 2.73. The fourth-order valence-electron chi connectivity index (χ4n) is 2.14. The molecule has 2 aliphatic rings. The number of aliphatic imine (C=N–C) groups is 1. The summed E-state index contributed by atoms with van der Waals surface area (Å²) < 4.78 is 0.975. The van der Waals surface area contributed by atoms with Crippen LogP contribution in [0.4, 0.5) is 0 Å². The Bertz CT molecular complexity index is 272. The van der Waals surface area contributed by atoms with E-state index in [1.54, 1.807) is 0 Å². The topological polar surface area (TPSA) is 41.5 Å². The summed E-state index contributed by atoms with van der Waals surface area (Å²) in [5, 5.41) is 4.02. The van der Waals surface area contributed by atoms with Crippen LogP contribution in [0.2, 0.25) is 0 Å². The van der Waals surface area contributed by atoms with Crippen molar-refractivity contribution >= 4 is 38.8 Å². The molecule has 5 heteroatoms. The number of thioether (sulfide) groups is 1. The molecule has 2 aliphatic heterocycles. The molecule has 1 saturated heterocycles. The van der Waals surface area contributed by atoms with Gasteiger partial charge in [-0.15, -0.1) is 0 Å². The van der Waals surface area contributed by atoms with Gasteiger partial charge in [0.2, 0.25) is 0 Å². The van der Waals surface area contributed by atoms with Crippen molar-refractivity contribution in [3.63, 3.8) is 0 Å². The van der Waals surface area contributed by atoms with Gasteiger partial charge in [0, 0.05) is 0 Å². The van der Waals surface area contributed by atoms with Crippen molar-refractivity contribution < 1.29 is 4.79 Å². The Balaban J connectivity index is 1.76. The van der Waals surface area contributed by atoms with Crippen molar-refractivity contribution in [3.8, 4) is 0 Å². The number of fused-ring (bicyclic) bond motifs is 1. The van der Waals surface area contributed by atoms with Gasteiger partial charge in [0.15, 0.2) is 0 Å². The maximum absolute atomic E-state index is 10.2. The van der Waals surface area contributed by atoms with E-state index < -0.39 is 0 Å². The third-order valence-electron chi connectivity index (χ3n) is 2.92. The number of amidine groups is 1. The summed E-state index contributed by atoms with van der Waals surface area (Å²) in [7, 11) is 0. The Kier molecular flexibility index (Phi) is 4.12. The van der Waals surface area contributed by atoms with Crippen LogP contribution in [-0.2, 0) is 4.79 Å². The quantitative estimate of drug-likeness (QED) is 0.461. The molecule has 0 aromatic rings. The molecule has 0 amide bonds. The molecule has 15 heavy (non-hydrogen) atoms. The van der Waals surface area contributed by atoms with E-state index in [0.29, 0.717) is 23.8 Å². The van der Waals surface area contributed by atoms with Crippen LogP contribution in [0.5, 0.6) is 0 Å². The molecule has 3 nitrogen and oxygen atoms in total. The molecule has 1 radical (unpaired) electrons. The van der Waals surface area contributed by atoms with Crippen molar-refractivity contribution in [2.75, 3.05) is 5.75 Å². The molecule has 0 spiro atoms. The molecule has 0 saturated carbocycles. The van der Waals surface area contributed by atoms with Crippen LogP contribution in [0.3, 0.4) is 0 Å². The zero-order valence-electron chi connectivity index (χ0n) is 8.52. The van der Waals surface area contributed by atoms with Crippen LogP contribution in [-0.4, -0.2) is 50.1 Å². The molecule has 1 N–H and O–H groups in total. The first-order valence-electron chi connectivity index (χ1n) is 5.38. The zero-order chi connectivity index (χ0) is 10.7. The van der Waals surface area contributed by atoms with Crippen molar-refractivity contribution in [2.24, 2.45) is 4.99 Å². The summed E-state index contributed by atoms with van der Waals surface area (Å²) in [4.78, 5) is 14.8. The number of nitrogens with zero attached hydrogens (tertiary/aromatic N) is 1. The number of hydrogen-bond donors (Lipinski definition) is 1. The van der Waals surface area contributed by atoms with Gasteiger partial charge in [-0.1, -0.05) is 0 Å². The third-order valence-corrected chi connectivity index (χ3v) is 4.88. The molecular formula is C10H15N2OSSe. The van der Waals surface area contributed by atoms with Crippen molar-refractivity contribution in [1.29, 1.82) is 0 Å². The Morgan fingerprint density at radius 2 is 2.47 bits per heavy atom. The van der Waals surface area contributed by atoms with Gasteiger partial charge in [-0.2, -0.15) is 0 Å². The second-order valence-electron chi connectivity index (χ2n) is 4.00. The fraction of sp³-hybridized carbons (Fsp3) is 0.800. The Morgan fingerprint density at radius 1 is 1.60 bits per heavy atom. The van der Waals surface area contributed by atoms with E-state index in [9.17, 15) is 4.79 Å². The first-order valence-corrected chi connectivity index (χ1v) is 7.28. The predicted molar refractivity (Wildman–Crippen MR) is 64.7 cm³/mol. The third kappa shape index (κ3) is 2.77. The van der Waals surface area contributed by atoms with Crippen LogP contribution in [0.25, 0.3) is 0 Å². The normalized spacial score (nSPS) is 33.3. The summed E-state index contributed by atoms with van der Waals surface area (Å²) in [5.74, 6) is 1.16. The number of aldehydes is 1. The Morgan fingerprint density at radius 3 is 3.27 bits per heavy atom. The van der Waals surface area contributed by atoms with Gasteiger partial charge >= 0.3 is 103 Å². The van der Waals surface area contributed by atoms with Crippen LogP contribution >= 0.6 is 11.8 Å². The predicted octanol–water partition coefficient (Wildman–Crippen LogP) is 0.726. The molecule has 2 heterocycles. The minimum absolute atomic E-state index is 0.461. The summed E-state index contributed by atoms with van der Waals surface area (Å²) >= 11 is 4.97. The van der Waals surface area contributed by atoms with E-state index in [0.717, 1.165) is 29.6 Å². The monoisotopic (exact) mass is 291 g/mol. The number of hydrogen-bond acceptors (Lipinski definition) is 4. The standard InChI is InChI=1S/C10H15N2OSSe/c13-5-3-1-2-4-8-9-7(6-14-8)11-10(15)12-9/h5,7-9H,1-4,6H2,(H,11,12)/t7-,8-,9-/m0/s1. The number of rotatable bonds is 5. The second kappa shape index (κ2) is 5.37. The number of unbranched alkanes of at least 4 members (excludes halogenated alkanes) is 2. The van der Waals surface area contributed by atoms with Crippen LogP contribution in [0.1, 0.15) is 25.7 Å². The summed E-state index contributed by atoms with van der Waals surface area (Å²) in [6.07, 6.45) is 5.09. The summed E-state index contributed by atoms with van der Waals surface area (Å²) in [6.45, 7) is 0. The molecule has 2 rings (SSSR count). The van der Waals surface area contributed by atoms with Gasteiger partial charge in [-0.3, -0.25) is 0 Å². The summed E-state index contributed by atoms with van der Waals surface area (Å²) in [6, 6.07) is 1.00. The molecule has 1 fully saturated rings. The minimum atomic E-state index is 0.461. The second-order valence-corrected chi connectivity index (χ2v) is 6.08. The van der Waals surface area contributed by atoms with E-state index >= 15 is 0 Å². The fourth-order valence-corrected chi connectivity index (χ4v) is 4.23. The number of nitrogens with one attached hydrogen (secondary N) is 1. The Labute approximate surface area is 103 Å². The van der Waals surface area contributed by atoms with Gasteiger partial charge in [-0.25, -0.2) is 0 Å². The van der Waals surface area contributed by atoms with Crippen molar-refractivity contribution in [1.82, 2.24) is 5.32 Å². The number of carbonyl (C=O) groups is 1. The molecule has 0 unspecified atom stereocenters. The summed E-state index contributed by atoms with van der Waals surface area (Å²) in [5.41, 5.74) is 0. The molecular weight excluding hydrogens is 275 g/mol. The van der Waals surface area contributed by atoms with Gasteiger partial charge in [0.1, 0.15) is 0 Å².